The first-order valence-corrected chi connectivity index (χ1v) is 6.80. The summed E-state index contributed by atoms with van der Waals surface area (Å²) >= 11 is 0. The minimum Gasteiger partial charge on any atom is -0.434 e. The number of fused-ring (bicyclic) bond motifs is 2. The van der Waals surface area contributed by atoms with Crippen LogP contribution in [0.3, 0.4) is 0 Å². The Morgan fingerprint density at radius 2 is 2.00 bits per heavy atom. The summed E-state index contributed by atoms with van der Waals surface area (Å²) < 4.78 is 10.4. The molecule has 0 spiro atoms. The molecule has 0 heterocycles. The van der Waals surface area contributed by atoms with E-state index in [9.17, 15) is 4.79 Å². The molecular formula is C14H24O3. The number of carbonyl (C=O) groups excluding carboxylic acids is 1. The zero-order valence-corrected chi connectivity index (χ0v) is 11.2. The number of hydrogen-bond acceptors (Lipinski definition) is 3. The van der Waals surface area contributed by atoms with Crippen LogP contribution in [0.2, 0.25) is 0 Å². The van der Waals surface area contributed by atoms with Crippen molar-refractivity contribution in [1.29, 1.82) is 0 Å². The van der Waals surface area contributed by atoms with Gasteiger partial charge in [0.15, 0.2) is 0 Å². The van der Waals surface area contributed by atoms with Gasteiger partial charge in [0.2, 0.25) is 0 Å². The lowest BCUT2D eigenvalue weighted by molar-refractivity contribution is -0.0154. The Hall–Kier alpha value is -0.730. The van der Waals surface area contributed by atoms with Crippen LogP contribution >= 0.6 is 0 Å². The van der Waals surface area contributed by atoms with Gasteiger partial charge in [0, 0.05) is 0 Å². The molecule has 3 nitrogen and oxygen atoms in total. The van der Waals surface area contributed by atoms with E-state index in [1.54, 1.807) is 0 Å². The van der Waals surface area contributed by atoms with Gasteiger partial charge < -0.3 is 9.47 Å². The second kappa shape index (κ2) is 4.87. The van der Waals surface area contributed by atoms with Gasteiger partial charge >= 0.3 is 6.16 Å². The van der Waals surface area contributed by atoms with Gasteiger partial charge in [-0.2, -0.15) is 0 Å². The number of ether oxygens (including phenoxy) is 2. The maximum atomic E-state index is 11.5. The molecule has 3 atom stereocenters. The van der Waals surface area contributed by atoms with Crippen LogP contribution in [0, 0.1) is 17.8 Å². The molecule has 2 fully saturated rings. The molecule has 2 aliphatic carbocycles. The van der Waals surface area contributed by atoms with E-state index in [0.717, 1.165) is 11.8 Å². The molecule has 0 saturated heterocycles. The van der Waals surface area contributed by atoms with Crippen molar-refractivity contribution in [2.45, 2.75) is 58.5 Å². The summed E-state index contributed by atoms with van der Waals surface area (Å²) in [5.74, 6) is 2.26. The van der Waals surface area contributed by atoms with Crippen molar-refractivity contribution in [2.24, 2.45) is 17.8 Å². The Morgan fingerprint density at radius 3 is 2.65 bits per heavy atom. The predicted molar refractivity (Wildman–Crippen MR) is 65.7 cm³/mol. The van der Waals surface area contributed by atoms with Crippen LogP contribution < -0.4 is 0 Å². The molecule has 3 heteroatoms. The molecule has 0 aliphatic heterocycles. The highest BCUT2D eigenvalue weighted by atomic mass is 16.7. The SMILES string of the molecule is CC(C)(C)OC(=O)OC[C@@H]1CC2CCCC1C2. The van der Waals surface area contributed by atoms with Gasteiger partial charge in [0.1, 0.15) is 5.60 Å². The fraction of sp³-hybridized carbons (Fsp3) is 0.929. The maximum absolute atomic E-state index is 11.5. The van der Waals surface area contributed by atoms with Crippen molar-refractivity contribution >= 4 is 6.16 Å². The van der Waals surface area contributed by atoms with Crippen LogP contribution in [0.5, 0.6) is 0 Å². The summed E-state index contributed by atoms with van der Waals surface area (Å²) in [5.41, 5.74) is -0.456. The Bertz CT molecular complexity index is 280. The normalized spacial score (nSPS) is 32.3. The molecule has 2 rings (SSSR count). The van der Waals surface area contributed by atoms with Gasteiger partial charge in [-0.25, -0.2) is 4.79 Å². The van der Waals surface area contributed by atoms with Crippen LogP contribution in [0.1, 0.15) is 52.9 Å². The second-order valence-electron chi connectivity index (χ2n) is 6.56. The molecule has 2 unspecified atom stereocenters. The molecule has 0 amide bonds. The monoisotopic (exact) mass is 240 g/mol. The Kier molecular flexibility index (Phi) is 3.64. The molecule has 0 aromatic heterocycles. The lowest BCUT2D eigenvalue weighted by Crippen LogP contribution is -2.26. The van der Waals surface area contributed by atoms with Gasteiger partial charge in [-0.1, -0.05) is 19.3 Å². The lowest BCUT2D eigenvalue weighted by atomic mass is 9.87. The third-order valence-corrected chi connectivity index (χ3v) is 3.93. The molecule has 0 aromatic rings. The molecule has 2 saturated carbocycles. The smallest absolute Gasteiger partial charge is 0.434 e. The van der Waals surface area contributed by atoms with Gasteiger partial charge in [-0.15, -0.1) is 0 Å². The largest absolute Gasteiger partial charge is 0.508 e. The first-order chi connectivity index (χ1) is 7.94. The van der Waals surface area contributed by atoms with E-state index in [2.05, 4.69) is 0 Å². The minimum atomic E-state index is -0.515. The molecule has 2 aliphatic rings. The third kappa shape index (κ3) is 3.62. The Morgan fingerprint density at radius 1 is 1.24 bits per heavy atom. The average Bonchev–Trinajstić information content (AvgIpc) is 2.48. The van der Waals surface area contributed by atoms with E-state index in [1.165, 1.54) is 32.1 Å². The van der Waals surface area contributed by atoms with E-state index in [0.29, 0.717) is 12.5 Å². The lowest BCUT2D eigenvalue weighted by Gasteiger charge is -2.22. The molecule has 98 valence electrons. The summed E-state index contributed by atoms with van der Waals surface area (Å²) in [6.07, 6.45) is 6.13. The van der Waals surface area contributed by atoms with E-state index >= 15 is 0 Å². The second-order valence-corrected chi connectivity index (χ2v) is 6.56. The van der Waals surface area contributed by atoms with Crippen LogP contribution in [0.25, 0.3) is 0 Å². The van der Waals surface area contributed by atoms with Crippen LogP contribution in [0.4, 0.5) is 4.79 Å². The number of hydrogen-bond donors (Lipinski definition) is 0. The maximum Gasteiger partial charge on any atom is 0.508 e. The summed E-state index contributed by atoms with van der Waals surface area (Å²) in [6.45, 7) is 6.13. The average molecular weight is 240 g/mol. The molecule has 17 heavy (non-hydrogen) atoms. The van der Waals surface area contributed by atoms with Crippen molar-refractivity contribution in [3.63, 3.8) is 0 Å². The van der Waals surface area contributed by atoms with Crippen LogP contribution in [-0.4, -0.2) is 18.4 Å². The highest BCUT2D eigenvalue weighted by Gasteiger charge is 2.37. The fourth-order valence-electron chi connectivity index (χ4n) is 3.25. The zero-order chi connectivity index (χ0) is 12.5. The number of carbonyl (C=O) groups is 1. The summed E-state index contributed by atoms with van der Waals surface area (Å²) in [4.78, 5) is 11.5. The highest BCUT2D eigenvalue weighted by Crippen LogP contribution is 2.45. The standard InChI is InChI=1S/C14H24O3/c1-14(2,3)17-13(15)16-9-12-8-10-5-4-6-11(12)7-10/h10-12H,4-9H2,1-3H3/t10?,11?,12-/m0/s1. The Labute approximate surface area is 104 Å². The quantitative estimate of drug-likeness (QED) is 0.689. The van der Waals surface area contributed by atoms with E-state index in [-0.39, 0.29) is 0 Å². The van der Waals surface area contributed by atoms with Gasteiger partial charge in [-0.05, 0) is 51.4 Å². The summed E-state index contributed by atoms with van der Waals surface area (Å²) in [6, 6.07) is 0. The van der Waals surface area contributed by atoms with Crippen LogP contribution in [-0.2, 0) is 9.47 Å². The Balaban J connectivity index is 1.73. The van der Waals surface area contributed by atoms with Gasteiger partial charge in [-0.3, -0.25) is 0 Å². The van der Waals surface area contributed by atoms with Crippen molar-refractivity contribution < 1.29 is 14.3 Å². The molecule has 0 radical (unpaired) electrons. The van der Waals surface area contributed by atoms with Gasteiger partial charge in [0.25, 0.3) is 0 Å². The molecule has 0 N–H and O–H groups in total. The highest BCUT2D eigenvalue weighted by molar-refractivity contribution is 5.60. The van der Waals surface area contributed by atoms with Crippen LogP contribution in [0.15, 0.2) is 0 Å². The topological polar surface area (TPSA) is 35.5 Å². The predicted octanol–water partition coefficient (Wildman–Crippen LogP) is 3.76. The third-order valence-electron chi connectivity index (χ3n) is 3.93. The fourth-order valence-corrected chi connectivity index (χ4v) is 3.25. The van der Waals surface area contributed by atoms with E-state index in [4.69, 9.17) is 9.47 Å². The van der Waals surface area contributed by atoms with Crippen molar-refractivity contribution in [3.8, 4) is 0 Å². The van der Waals surface area contributed by atoms with Crippen molar-refractivity contribution in [1.82, 2.24) is 0 Å². The van der Waals surface area contributed by atoms with Crippen molar-refractivity contribution in [2.75, 3.05) is 6.61 Å². The first-order valence-electron chi connectivity index (χ1n) is 6.80. The molecular weight excluding hydrogens is 216 g/mol. The summed E-state index contributed by atoms with van der Waals surface area (Å²) in [5, 5.41) is 0. The molecule has 0 aromatic carbocycles. The van der Waals surface area contributed by atoms with Crippen molar-refractivity contribution in [3.05, 3.63) is 0 Å². The first kappa shape index (κ1) is 12.7. The minimum absolute atomic E-state index is 0.456. The van der Waals surface area contributed by atoms with Gasteiger partial charge in [0.05, 0.1) is 6.61 Å². The summed E-state index contributed by atoms with van der Waals surface area (Å²) in [7, 11) is 0. The zero-order valence-electron chi connectivity index (χ0n) is 11.2. The van der Waals surface area contributed by atoms with E-state index in [1.807, 2.05) is 20.8 Å². The molecule has 2 bridgehead atoms. The number of rotatable bonds is 2. The van der Waals surface area contributed by atoms with E-state index < -0.39 is 11.8 Å².